The molecule has 5 nitrogen and oxygen atoms in total. The Morgan fingerprint density at radius 2 is 2.05 bits per heavy atom. The van der Waals surface area contributed by atoms with Crippen molar-refractivity contribution in [2.24, 2.45) is 0 Å². The van der Waals surface area contributed by atoms with Gasteiger partial charge in [-0.25, -0.2) is 0 Å². The van der Waals surface area contributed by atoms with E-state index in [1.54, 1.807) is 24.3 Å². The van der Waals surface area contributed by atoms with Crippen LogP contribution in [-0.4, -0.2) is 55.4 Å². The van der Waals surface area contributed by atoms with Gasteiger partial charge in [0.2, 0.25) is 5.91 Å². The molecule has 0 atom stereocenters. The summed E-state index contributed by atoms with van der Waals surface area (Å²) in [5, 5.41) is 11.2. The Morgan fingerprint density at radius 3 is 2.62 bits per heavy atom. The lowest BCUT2D eigenvalue weighted by Gasteiger charge is -2.22. The first-order chi connectivity index (χ1) is 9.85. The highest BCUT2D eigenvalue weighted by atomic mass is 19.4. The maximum atomic E-state index is 12.4. The van der Waals surface area contributed by atoms with Gasteiger partial charge in [0, 0.05) is 6.54 Å². The average molecular weight is 306 g/mol. The van der Waals surface area contributed by atoms with Crippen molar-refractivity contribution in [3.05, 3.63) is 24.3 Å². The molecule has 0 aromatic heterocycles. The number of aliphatic hydroxyl groups excluding tert-OH is 1. The molecule has 8 heteroatoms. The van der Waals surface area contributed by atoms with Crippen molar-refractivity contribution in [3.63, 3.8) is 0 Å². The molecule has 0 spiro atoms. The molecule has 0 radical (unpaired) electrons. The minimum atomic E-state index is -4.43. The van der Waals surface area contributed by atoms with E-state index in [0.29, 0.717) is 11.4 Å². The maximum Gasteiger partial charge on any atom is 0.401 e. The molecule has 2 N–H and O–H groups in total. The van der Waals surface area contributed by atoms with E-state index in [9.17, 15) is 18.0 Å². The number of benzene rings is 1. The van der Waals surface area contributed by atoms with Crippen LogP contribution in [0.1, 0.15) is 0 Å². The molecule has 1 aromatic carbocycles. The van der Waals surface area contributed by atoms with Crippen LogP contribution in [0, 0.1) is 0 Å². The van der Waals surface area contributed by atoms with E-state index >= 15 is 0 Å². The van der Waals surface area contributed by atoms with E-state index < -0.39 is 31.8 Å². The summed E-state index contributed by atoms with van der Waals surface area (Å²) in [6.45, 7) is -2.43. The van der Waals surface area contributed by atoms with Gasteiger partial charge < -0.3 is 15.2 Å². The van der Waals surface area contributed by atoms with Crippen molar-refractivity contribution in [1.29, 1.82) is 0 Å². The molecule has 0 heterocycles. The second-order valence-electron chi connectivity index (χ2n) is 4.30. The van der Waals surface area contributed by atoms with Crippen LogP contribution in [-0.2, 0) is 4.79 Å². The van der Waals surface area contributed by atoms with Gasteiger partial charge in [0.1, 0.15) is 5.75 Å². The van der Waals surface area contributed by atoms with Crippen LogP contribution in [0.3, 0.4) is 0 Å². The van der Waals surface area contributed by atoms with Gasteiger partial charge in [0.15, 0.2) is 0 Å². The highest BCUT2D eigenvalue weighted by Gasteiger charge is 2.31. The van der Waals surface area contributed by atoms with Crippen molar-refractivity contribution in [2.45, 2.75) is 6.18 Å². The molecule has 118 valence electrons. The summed E-state index contributed by atoms with van der Waals surface area (Å²) in [4.78, 5) is 12.6. The monoisotopic (exact) mass is 306 g/mol. The highest BCUT2D eigenvalue weighted by molar-refractivity contribution is 5.93. The van der Waals surface area contributed by atoms with Crippen LogP contribution in [0.2, 0.25) is 0 Å². The van der Waals surface area contributed by atoms with Crippen molar-refractivity contribution in [1.82, 2.24) is 4.90 Å². The molecule has 0 aliphatic heterocycles. The van der Waals surface area contributed by atoms with Crippen LogP contribution in [0.25, 0.3) is 0 Å². The van der Waals surface area contributed by atoms with Gasteiger partial charge in [-0.2, -0.15) is 13.2 Å². The summed E-state index contributed by atoms with van der Waals surface area (Å²) in [5.74, 6) is -0.201. The number of hydrogen-bond acceptors (Lipinski definition) is 4. The Labute approximate surface area is 120 Å². The summed E-state index contributed by atoms with van der Waals surface area (Å²) in [5.41, 5.74) is 0.376. The van der Waals surface area contributed by atoms with Gasteiger partial charge in [-0.3, -0.25) is 9.69 Å². The number of ether oxygens (including phenoxy) is 1. The lowest BCUT2D eigenvalue weighted by atomic mass is 10.3. The fraction of sp³-hybridized carbons (Fsp3) is 0.462. The molecule has 0 fully saturated rings. The summed E-state index contributed by atoms with van der Waals surface area (Å²) in [6, 6.07) is 6.57. The Kier molecular flexibility index (Phi) is 6.44. The van der Waals surface area contributed by atoms with E-state index in [1.165, 1.54) is 7.11 Å². The third kappa shape index (κ3) is 6.46. The van der Waals surface area contributed by atoms with Crippen LogP contribution in [0.15, 0.2) is 24.3 Å². The van der Waals surface area contributed by atoms with Crippen molar-refractivity contribution >= 4 is 11.6 Å². The largest absolute Gasteiger partial charge is 0.495 e. The van der Waals surface area contributed by atoms with E-state index in [-0.39, 0.29) is 6.54 Å². The number of nitrogens with one attached hydrogen (secondary N) is 1. The number of aliphatic hydroxyl groups is 1. The summed E-state index contributed by atoms with van der Waals surface area (Å²) in [6.07, 6.45) is -4.43. The lowest BCUT2D eigenvalue weighted by Crippen LogP contribution is -2.41. The van der Waals surface area contributed by atoms with E-state index in [4.69, 9.17) is 9.84 Å². The van der Waals surface area contributed by atoms with Crippen LogP contribution in [0.4, 0.5) is 18.9 Å². The topological polar surface area (TPSA) is 61.8 Å². The maximum absolute atomic E-state index is 12.4. The number of para-hydroxylation sites is 2. The van der Waals surface area contributed by atoms with Gasteiger partial charge in [0.25, 0.3) is 0 Å². The van der Waals surface area contributed by atoms with E-state index in [1.807, 2.05) is 0 Å². The normalized spacial score (nSPS) is 11.5. The molecule has 1 rings (SSSR count). The molecule has 0 bridgehead atoms. The molecule has 0 saturated carbocycles. The molecule has 0 aliphatic carbocycles. The molecule has 1 amide bonds. The minimum Gasteiger partial charge on any atom is -0.495 e. The molecule has 0 saturated heterocycles. The predicted octanol–water partition coefficient (Wildman–Crippen LogP) is 1.49. The third-order valence-corrected chi connectivity index (χ3v) is 2.57. The van der Waals surface area contributed by atoms with Gasteiger partial charge in [-0.15, -0.1) is 0 Å². The number of methoxy groups -OCH3 is 1. The lowest BCUT2D eigenvalue weighted by molar-refractivity contribution is -0.148. The van der Waals surface area contributed by atoms with Gasteiger partial charge >= 0.3 is 6.18 Å². The van der Waals surface area contributed by atoms with Gasteiger partial charge in [-0.1, -0.05) is 12.1 Å². The second kappa shape index (κ2) is 7.84. The molecule has 0 unspecified atom stereocenters. The standard InChI is InChI=1S/C13H17F3N2O3/c1-21-11-5-3-2-4-10(11)17-12(20)8-18(6-7-19)9-13(14,15)16/h2-5,19H,6-9H2,1H3,(H,17,20). The number of carbonyl (C=O) groups is 1. The quantitative estimate of drug-likeness (QED) is 0.801. The zero-order chi connectivity index (χ0) is 15.9. The SMILES string of the molecule is COc1ccccc1NC(=O)CN(CCO)CC(F)(F)F. The molecular formula is C13H17F3N2O3. The van der Waals surface area contributed by atoms with Crippen LogP contribution < -0.4 is 10.1 Å². The Hall–Kier alpha value is -1.80. The van der Waals surface area contributed by atoms with Crippen LogP contribution in [0.5, 0.6) is 5.75 Å². The fourth-order valence-corrected chi connectivity index (χ4v) is 1.75. The highest BCUT2D eigenvalue weighted by Crippen LogP contribution is 2.23. The predicted molar refractivity (Wildman–Crippen MR) is 71.2 cm³/mol. The minimum absolute atomic E-state index is 0.237. The number of rotatable bonds is 7. The van der Waals surface area contributed by atoms with Gasteiger partial charge in [0.05, 0.1) is 32.5 Å². The first-order valence-corrected chi connectivity index (χ1v) is 6.18. The van der Waals surface area contributed by atoms with E-state index in [2.05, 4.69) is 5.32 Å². The van der Waals surface area contributed by atoms with Crippen molar-refractivity contribution < 1.29 is 27.8 Å². The average Bonchev–Trinajstić information content (AvgIpc) is 2.37. The molecule has 21 heavy (non-hydrogen) atoms. The van der Waals surface area contributed by atoms with Crippen molar-refractivity contribution in [3.8, 4) is 5.75 Å². The number of hydrogen-bond donors (Lipinski definition) is 2. The molecular weight excluding hydrogens is 289 g/mol. The zero-order valence-corrected chi connectivity index (χ0v) is 11.5. The summed E-state index contributed by atoms with van der Waals surface area (Å²) in [7, 11) is 1.42. The van der Waals surface area contributed by atoms with Crippen LogP contribution >= 0.6 is 0 Å². The number of alkyl halides is 3. The molecule has 0 aliphatic rings. The number of nitrogens with zero attached hydrogens (tertiary/aromatic N) is 1. The fourth-order valence-electron chi connectivity index (χ4n) is 1.75. The summed E-state index contributed by atoms with van der Waals surface area (Å²) < 4.78 is 42.1. The number of carbonyl (C=O) groups excluding carboxylic acids is 1. The first-order valence-electron chi connectivity index (χ1n) is 6.18. The van der Waals surface area contributed by atoms with Gasteiger partial charge in [-0.05, 0) is 12.1 Å². The Balaban J connectivity index is 2.65. The van der Waals surface area contributed by atoms with E-state index in [0.717, 1.165) is 4.90 Å². The Morgan fingerprint density at radius 1 is 1.38 bits per heavy atom. The number of halogens is 3. The first kappa shape index (κ1) is 17.3. The zero-order valence-electron chi connectivity index (χ0n) is 11.5. The summed E-state index contributed by atoms with van der Waals surface area (Å²) >= 11 is 0. The Bertz CT molecular complexity index is 466. The smallest absolute Gasteiger partial charge is 0.401 e. The van der Waals surface area contributed by atoms with Crippen molar-refractivity contribution in [2.75, 3.05) is 38.7 Å². The molecule has 1 aromatic rings. The third-order valence-electron chi connectivity index (χ3n) is 2.57. The number of anilines is 1. The second-order valence-corrected chi connectivity index (χ2v) is 4.30. The number of amides is 1.